The lowest BCUT2D eigenvalue weighted by molar-refractivity contribution is 0.627. The maximum absolute atomic E-state index is 12.8. The molecule has 0 aliphatic heterocycles. The molecule has 1 aromatic heterocycles. The van der Waals surface area contributed by atoms with Crippen molar-refractivity contribution in [3.8, 4) is 0 Å². The number of hydrogen-bond donors (Lipinski definition) is 1. The first-order chi connectivity index (χ1) is 12.1. The Morgan fingerprint density at radius 3 is 2.48 bits per heavy atom. The van der Waals surface area contributed by atoms with Gasteiger partial charge in [-0.2, -0.15) is 0 Å². The van der Waals surface area contributed by atoms with Gasteiger partial charge in [0.25, 0.3) is 0 Å². The zero-order chi connectivity index (χ0) is 19.1. The van der Waals surface area contributed by atoms with Crippen LogP contribution in [0.1, 0.15) is 33.3 Å². The van der Waals surface area contributed by atoms with Crippen molar-refractivity contribution in [2.45, 2.75) is 40.8 Å². The molecular formula is C20H29ClFN3. The molecule has 0 amide bonds. The highest BCUT2D eigenvalue weighted by molar-refractivity contribution is 6.18. The molecule has 0 saturated heterocycles. The topological polar surface area (TPSA) is 29.9 Å². The number of imidazole rings is 1. The van der Waals surface area contributed by atoms with Crippen LogP contribution < -0.4 is 5.32 Å². The van der Waals surface area contributed by atoms with E-state index in [9.17, 15) is 4.39 Å². The van der Waals surface area contributed by atoms with Crippen molar-refractivity contribution in [3.05, 3.63) is 72.3 Å². The van der Waals surface area contributed by atoms with Crippen molar-refractivity contribution in [3.63, 3.8) is 0 Å². The van der Waals surface area contributed by atoms with Gasteiger partial charge in [-0.15, -0.1) is 18.2 Å². The number of nitrogens with one attached hydrogen (secondary N) is 1. The van der Waals surface area contributed by atoms with Gasteiger partial charge in [-0.25, -0.2) is 9.37 Å². The summed E-state index contributed by atoms with van der Waals surface area (Å²) in [5, 5.41) is 3.25. The largest absolute Gasteiger partial charge is 0.352 e. The predicted octanol–water partition coefficient (Wildman–Crippen LogP) is 6.04. The zero-order valence-electron chi connectivity index (χ0n) is 15.6. The highest BCUT2D eigenvalue weighted by Crippen LogP contribution is 2.11. The van der Waals surface area contributed by atoms with Gasteiger partial charge in [-0.05, 0) is 31.5 Å². The second-order valence-electron chi connectivity index (χ2n) is 4.97. The Morgan fingerprint density at radius 2 is 1.92 bits per heavy atom. The summed E-state index contributed by atoms with van der Waals surface area (Å²) in [5.74, 6) is 1.08. The van der Waals surface area contributed by atoms with Crippen molar-refractivity contribution in [1.29, 1.82) is 0 Å². The van der Waals surface area contributed by atoms with Gasteiger partial charge in [-0.3, -0.25) is 0 Å². The number of benzene rings is 1. The van der Waals surface area contributed by atoms with Crippen LogP contribution in [0.15, 0.2) is 61.0 Å². The maximum Gasteiger partial charge on any atom is 0.203 e. The number of rotatable bonds is 6. The second kappa shape index (κ2) is 14.3. The summed E-state index contributed by atoms with van der Waals surface area (Å²) in [6.45, 7) is 12.6. The molecule has 0 atom stereocenters. The number of nitrogens with zero attached hydrogens (tertiary/aromatic N) is 2. The molecule has 0 spiro atoms. The van der Waals surface area contributed by atoms with Gasteiger partial charge in [0, 0.05) is 31.4 Å². The third-order valence-electron chi connectivity index (χ3n) is 2.92. The first kappa shape index (κ1) is 22.9. The molecule has 2 rings (SSSR count). The quantitative estimate of drug-likeness (QED) is 0.499. The van der Waals surface area contributed by atoms with Crippen LogP contribution in [0, 0.1) is 5.82 Å². The molecule has 0 aliphatic rings. The summed E-state index contributed by atoms with van der Waals surface area (Å²) in [6, 6.07) is 6.43. The lowest BCUT2D eigenvalue weighted by Gasteiger charge is -2.10. The number of anilines is 1. The molecule has 0 saturated carbocycles. The smallest absolute Gasteiger partial charge is 0.203 e. The van der Waals surface area contributed by atoms with E-state index >= 15 is 0 Å². The fourth-order valence-electron chi connectivity index (χ4n) is 1.85. The molecule has 0 aliphatic carbocycles. The van der Waals surface area contributed by atoms with Crippen LogP contribution in [-0.2, 0) is 13.1 Å². The van der Waals surface area contributed by atoms with Crippen LogP contribution in [-0.4, -0.2) is 15.4 Å². The monoisotopic (exact) mass is 365 g/mol. The van der Waals surface area contributed by atoms with Crippen LogP contribution in [0.5, 0.6) is 0 Å². The fourth-order valence-corrected chi connectivity index (χ4v) is 2.12. The molecule has 1 aromatic carbocycles. The molecule has 2 aromatic rings. The summed E-state index contributed by atoms with van der Waals surface area (Å²) in [6.07, 6.45) is 7.39. The summed E-state index contributed by atoms with van der Waals surface area (Å²) in [4.78, 5) is 4.28. The van der Waals surface area contributed by atoms with E-state index in [1.165, 1.54) is 17.7 Å². The minimum Gasteiger partial charge on any atom is -0.352 e. The lowest BCUT2D eigenvalue weighted by atomic mass is 10.2. The van der Waals surface area contributed by atoms with Crippen molar-refractivity contribution >= 4 is 17.5 Å². The van der Waals surface area contributed by atoms with Crippen LogP contribution in [0.3, 0.4) is 0 Å². The highest BCUT2D eigenvalue weighted by Gasteiger charge is 2.03. The molecule has 0 bridgehead atoms. The Bertz CT molecular complexity index is 618. The van der Waals surface area contributed by atoms with Crippen molar-refractivity contribution < 1.29 is 4.39 Å². The Labute approximate surface area is 156 Å². The van der Waals surface area contributed by atoms with Gasteiger partial charge in [0.1, 0.15) is 5.82 Å². The summed E-state index contributed by atoms with van der Waals surface area (Å²) in [7, 11) is 0. The minimum absolute atomic E-state index is 0.225. The molecule has 1 heterocycles. The van der Waals surface area contributed by atoms with Crippen LogP contribution in [0.2, 0.25) is 0 Å². The molecule has 0 fully saturated rings. The van der Waals surface area contributed by atoms with E-state index in [0.717, 1.165) is 18.1 Å². The molecule has 138 valence electrons. The van der Waals surface area contributed by atoms with Gasteiger partial charge in [0.15, 0.2) is 0 Å². The van der Waals surface area contributed by atoms with E-state index in [-0.39, 0.29) is 5.82 Å². The van der Waals surface area contributed by atoms with E-state index in [1.807, 2.05) is 44.5 Å². The van der Waals surface area contributed by atoms with E-state index in [0.29, 0.717) is 12.4 Å². The lowest BCUT2D eigenvalue weighted by Crippen LogP contribution is -2.08. The third-order valence-corrected chi connectivity index (χ3v) is 3.08. The van der Waals surface area contributed by atoms with E-state index in [2.05, 4.69) is 16.9 Å². The Hall–Kier alpha value is -2.07. The summed E-state index contributed by atoms with van der Waals surface area (Å²) < 4.78 is 14.8. The number of halogens is 2. The fraction of sp³-hybridized carbons (Fsp3) is 0.350. The molecule has 0 radical (unpaired) electrons. The first-order valence-electron chi connectivity index (χ1n) is 8.38. The number of alkyl halides is 1. The van der Waals surface area contributed by atoms with Gasteiger partial charge < -0.3 is 9.88 Å². The molecule has 3 nitrogen and oxygen atoms in total. The number of hydrogen-bond acceptors (Lipinski definition) is 2. The predicted molar refractivity (Wildman–Crippen MR) is 108 cm³/mol. The molecule has 5 heteroatoms. The molecule has 1 N–H and O–H groups in total. The van der Waals surface area contributed by atoms with Crippen molar-refractivity contribution in [2.75, 3.05) is 11.2 Å². The molecule has 0 unspecified atom stereocenters. The normalized spacial score (nSPS) is 10.1. The second-order valence-corrected chi connectivity index (χ2v) is 5.28. The number of allylic oxidation sites excluding steroid dienone is 3. The van der Waals surface area contributed by atoms with Crippen molar-refractivity contribution in [1.82, 2.24) is 9.55 Å². The van der Waals surface area contributed by atoms with Crippen LogP contribution in [0.25, 0.3) is 0 Å². The van der Waals surface area contributed by atoms with Crippen LogP contribution >= 0.6 is 11.6 Å². The third kappa shape index (κ3) is 9.72. The van der Waals surface area contributed by atoms with Crippen LogP contribution in [0.4, 0.5) is 10.3 Å². The highest BCUT2D eigenvalue weighted by atomic mass is 35.5. The summed E-state index contributed by atoms with van der Waals surface area (Å²) in [5.41, 5.74) is 2.19. The Morgan fingerprint density at radius 1 is 1.32 bits per heavy atom. The first-order valence-corrected chi connectivity index (χ1v) is 8.92. The molecular weight excluding hydrogens is 337 g/mol. The van der Waals surface area contributed by atoms with Gasteiger partial charge in [-0.1, -0.05) is 43.7 Å². The van der Waals surface area contributed by atoms with Gasteiger partial charge in [0.2, 0.25) is 5.95 Å². The average Bonchev–Trinajstić information content (AvgIpc) is 3.04. The van der Waals surface area contributed by atoms with E-state index in [4.69, 9.17) is 11.6 Å². The average molecular weight is 366 g/mol. The Balaban J connectivity index is 0.00000104. The van der Waals surface area contributed by atoms with E-state index < -0.39 is 0 Å². The van der Waals surface area contributed by atoms with Gasteiger partial charge >= 0.3 is 0 Å². The number of aromatic nitrogens is 2. The standard InChI is InChI=1S/C15H17ClFN3.C3H6.C2H6/c1-12(6-7-16)11-20-9-8-18-15(20)19-10-13-2-4-14(17)5-3-13;1-3-2;1-2/h2-6,8-9H,7,10-11H2,1H3,(H,18,19);3H,1H2,2H3;1-2H3/b12-6+;;. The van der Waals surface area contributed by atoms with Crippen molar-refractivity contribution in [2.24, 2.45) is 0 Å². The van der Waals surface area contributed by atoms with E-state index in [1.54, 1.807) is 24.4 Å². The minimum atomic E-state index is -0.225. The SMILES string of the molecule is C/C(=C\CCl)Cn1ccnc1NCc1ccc(F)cc1.C=CC.CC. The Kier molecular flexibility index (Phi) is 13.1. The molecule has 25 heavy (non-hydrogen) atoms. The zero-order valence-corrected chi connectivity index (χ0v) is 16.4. The van der Waals surface area contributed by atoms with Gasteiger partial charge in [0.05, 0.1) is 0 Å². The maximum atomic E-state index is 12.8. The summed E-state index contributed by atoms with van der Waals surface area (Å²) >= 11 is 5.68.